The fourth-order valence-electron chi connectivity index (χ4n) is 1.85. The molecule has 0 aromatic carbocycles. The van der Waals surface area contributed by atoms with E-state index in [9.17, 15) is 4.79 Å². The predicted molar refractivity (Wildman–Crippen MR) is 67.1 cm³/mol. The number of aromatic nitrogens is 2. The Morgan fingerprint density at radius 1 is 1.41 bits per heavy atom. The van der Waals surface area contributed by atoms with Crippen molar-refractivity contribution in [2.75, 3.05) is 13.2 Å². The van der Waals surface area contributed by atoms with E-state index in [2.05, 4.69) is 5.10 Å². The normalized spacial score (nSPS) is 10.8. The number of aryl methyl sites for hydroxylation is 2. The van der Waals surface area contributed by atoms with E-state index >= 15 is 0 Å². The van der Waals surface area contributed by atoms with Crippen molar-refractivity contribution in [3.8, 4) is 0 Å². The van der Waals surface area contributed by atoms with Gasteiger partial charge < -0.3 is 4.74 Å². The molecule has 0 amide bonds. The van der Waals surface area contributed by atoms with Gasteiger partial charge in [-0.25, -0.2) is 0 Å². The summed E-state index contributed by atoms with van der Waals surface area (Å²) < 4.78 is 7.09. The highest BCUT2D eigenvalue weighted by Gasteiger charge is 2.11. The molecule has 4 nitrogen and oxygen atoms in total. The third-order valence-corrected chi connectivity index (χ3v) is 2.92. The number of ether oxygens (including phenoxy) is 1. The quantitative estimate of drug-likeness (QED) is 0.682. The molecule has 1 aromatic heterocycles. The van der Waals surface area contributed by atoms with Crippen LogP contribution in [-0.2, 0) is 23.0 Å². The summed E-state index contributed by atoms with van der Waals surface area (Å²) in [5.41, 5.74) is 3.35. The number of carbonyl (C=O) groups excluding carboxylic acids is 1. The molecule has 0 aliphatic rings. The number of hydrogen-bond donors (Lipinski definition) is 0. The fourth-order valence-corrected chi connectivity index (χ4v) is 1.85. The lowest BCUT2D eigenvalue weighted by atomic mass is 10.1. The fraction of sp³-hybridized carbons (Fsp3) is 0.692. The van der Waals surface area contributed by atoms with Gasteiger partial charge in [-0.2, -0.15) is 5.10 Å². The molecule has 0 bridgehead atoms. The van der Waals surface area contributed by atoms with Gasteiger partial charge in [0.15, 0.2) is 5.78 Å². The summed E-state index contributed by atoms with van der Waals surface area (Å²) in [5, 5.41) is 4.34. The molecule has 0 aliphatic heterocycles. The first-order chi connectivity index (χ1) is 8.06. The highest BCUT2D eigenvalue weighted by molar-refractivity contribution is 5.79. The lowest BCUT2D eigenvalue weighted by molar-refractivity contribution is -0.123. The third kappa shape index (κ3) is 3.97. The van der Waals surface area contributed by atoms with Crippen LogP contribution in [0.2, 0.25) is 0 Å². The van der Waals surface area contributed by atoms with Gasteiger partial charge >= 0.3 is 0 Å². The maximum absolute atomic E-state index is 11.6. The lowest BCUT2D eigenvalue weighted by Crippen LogP contribution is -2.10. The van der Waals surface area contributed by atoms with Crippen LogP contribution < -0.4 is 0 Å². The Balaban J connectivity index is 2.42. The van der Waals surface area contributed by atoms with Crippen molar-refractivity contribution in [1.29, 1.82) is 0 Å². The van der Waals surface area contributed by atoms with Crippen LogP contribution in [0.3, 0.4) is 0 Å². The van der Waals surface area contributed by atoms with Crippen LogP contribution >= 0.6 is 0 Å². The van der Waals surface area contributed by atoms with Gasteiger partial charge in [-0.1, -0.05) is 6.92 Å². The summed E-state index contributed by atoms with van der Waals surface area (Å²) >= 11 is 0. The van der Waals surface area contributed by atoms with E-state index in [-0.39, 0.29) is 12.4 Å². The van der Waals surface area contributed by atoms with Crippen molar-refractivity contribution in [1.82, 2.24) is 9.78 Å². The summed E-state index contributed by atoms with van der Waals surface area (Å²) in [5.74, 6) is 0.168. The second kappa shape index (κ2) is 6.55. The van der Waals surface area contributed by atoms with Gasteiger partial charge in [-0.15, -0.1) is 0 Å². The Hall–Kier alpha value is -1.16. The van der Waals surface area contributed by atoms with Crippen LogP contribution in [0.1, 0.15) is 36.7 Å². The molecule has 0 saturated carbocycles. The molecular formula is C13H22N2O2. The van der Waals surface area contributed by atoms with Crippen molar-refractivity contribution >= 4 is 5.78 Å². The van der Waals surface area contributed by atoms with Crippen molar-refractivity contribution in [2.45, 2.75) is 40.0 Å². The first-order valence-corrected chi connectivity index (χ1v) is 6.14. The number of carbonyl (C=O) groups is 1. The smallest absolute Gasteiger partial charge is 0.158 e. The van der Waals surface area contributed by atoms with Gasteiger partial charge in [-0.05, 0) is 32.3 Å². The van der Waals surface area contributed by atoms with Gasteiger partial charge in [0, 0.05) is 25.8 Å². The molecule has 17 heavy (non-hydrogen) atoms. The lowest BCUT2D eigenvalue weighted by Gasteiger charge is -2.03. The van der Waals surface area contributed by atoms with Gasteiger partial charge in [0.05, 0.1) is 5.69 Å². The average Bonchev–Trinajstić information content (AvgIpc) is 2.51. The highest BCUT2D eigenvalue weighted by Crippen LogP contribution is 2.14. The minimum Gasteiger partial charge on any atom is -0.374 e. The number of rotatable bonds is 7. The molecule has 0 unspecified atom stereocenters. The standard InChI is InChI=1S/C13H22N2O2/c1-5-8-17-9-12(16)6-7-13-10(2)14-15(4)11(13)3/h5-9H2,1-4H3. The average molecular weight is 238 g/mol. The summed E-state index contributed by atoms with van der Waals surface area (Å²) in [7, 11) is 1.93. The first-order valence-electron chi connectivity index (χ1n) is 6.14. The largest absolute Gasteiger partial charge is 0.374 e. The summed E-state index contributed by atoms with van der Waals surface area (Å²) in [6.07, 6.45) is 2.25. The summed E-state index contributed by atoms with van der Waals surface area (Å²) in [6.45, 7) is 6.96. The van der Waals surface area contributed by atoms with Crippen molar-refractivity contribution in [3.05, 3.63) is 17.0 Å². The minimum absolute atomic E-state index is 0.168. The first kappa shape index (κ1) is 13.9. The monoisotopic (exact) mass is 238 g/mol. The number of nitrogens with zero attached hydrogens (tertiary/aromatic N) is 2. The van der Waals surface area contributed by atoms with E-state index < -0.39 is 0 Å². The van der Waals surface area contributed by atoms with E-state index in [0.717, 1.165) is 24.2 Å². The molecule has 0 radical (unpaired) electrons. The second-order valence-electron chi connectivity index (χ2n) is 4.36. The molecule has 0 spiro atoms. The van der Waals surface area contributed by atoms with Crippen molar-refractivity contribution in [2.24, 2.45) is 7.05 Å². The molecule has 4 heteroatoms. The highest BCUT2D eigenvalue weighted by atomic mass is 16.5. The van der Waals surface area contributed by atoms with Gasteiger partial charge in [0.2, 0.25) is 0 Å². The third-order valence-electron chi connectivity index (χ3n) is 2.92. The second-order valence-corrected chi connectivity index (χ2v) is 4.36. The SMILES string of the molecule is CCCOCC(=O)CCc1c(C)nn(C)c1C. The Kier molecular flexibility index (Phi) is 5.35. The summed E-state index contributed by atoms with van der Waals surface area (Å²) in [6, 6.07) is 0. The van der Waals surface area contributed by atoms with Crippen LogP contribution in [0.5, 0.6) is 0 Å². The zero-order valence-corrected chi connectivity index (χ0v) is 11.2. The van der Waals surface area contributed by atoms with Gasteiger partial charge in [-0.3, -0.25) is 9.48 Å². The molecule has 1 aromatic rings. The number of hydrogen-bond acceptors (Lipinski definition) is 3. The number of ketones is 1. The van der Waals surface area contributed by atoms with Crippen LogP contribution in [-0.4, -0.2) is 28.8 Å². The van der Waals surface area contributed by atoms with E-state index in [1.165, 1.54) is 5.56 Å². The maximum Gasteiger partial charge on any atom is 0.158 e. The molecule has 0 N–H and O–H groups in total. The van der Waals surface area contributed by atoms with Gasteiger partial charge in [0.25, 0.3) is 0 Å². The van der Waals surface area contributed by atoms with Crippen LogP contribution in [0.25, 0.3) is 0 Å². The van der Waals surface area contributed by atoms with Crippen LogP contribution in [0.15, 0.2) is 0 Å². The molecule has 0 fully saturated rings. The van der Waals surface area contributed by atoms with Gasteiger partial charge in [0.1, 0.15) is 6.61 Å². The zero-order chi connectivity index (χ0) is 12.8. The topological polar surface area (TPSA) is 44.1 Å². The Morgan fingerprint density at radius 2 is 2.12 bits per heavy atom. The maximum atomic E-state index is 11.6. The summed E-state index contributed by atoms with van der Waals surface area (Å²) in [4.78, 5) is 11.6. The molecule has 0 atom stereocenters. The van der Waals surface area contributed by atoms with E-state index in [0.29, 0.717) is 13.0 Å². The Morgan fingerprint density at radius 3 is 2.65 bits per heavy atom. The zero-order valence-electron chi connectivity index (χ0n) is 11.2. The molecule has 0 aliphatic carbocycles. The molecule has 1 rings (SSSR count). The van der Waals surface area contributed by atoms with Crippen LogP contribution in [0.4, 0.5) is 0 Å². The van der Waals surface area contributed by atoms with E-state index in [1.807, 2.05) is 32.5 Å². The Labute approximate surface area is 103 Å². The van der Waals surface area contributed by atoms with Crippen molar-refractivity contribution in [3.63, 3.8) is 0 Å². The predicted octanol–water partition coefficient (Wildman–Crippen LogP) is 1.97. The van der Waals surface area contributed by atoms with Crippen LogP contribution in [0, 0.1) is 13.8 Å². The van der Waals surface area contributed by atoms with E-state index in [1.54, 1.807) is 0 Å². The Bertz CT molecular complexity index is 383. The molecular weight excluding hydrogens is 216 g/mol. The van der Waals surface area contributed by atoms with Crippen molar-refractivity contribution < 1.29 is 9.53 Å². The minimum atomic E-state index is 0.168. The molecule has 0 saturated heterocycles. The number of Topliss-reactive ketones (excluding diaryl/α,β-unsaturated/α-hetero) is 1. The van der Waals surface area contributed by atoms with E-state index in [4.69, 9.17) is 4.74 Å². The molecule has 1 heterocycles. The molecule has 96 valence electrons.